The lowest BCUT2D eigenvalue weighted by Crippen LogP contribution is -2.13. The molecule has 2 aromatic rings. The van der Waals surface area contributed by atoms with Gasteiger partial charge in [0.2, 0.25) is 0 Å². The molecule has 0 saturated carbocycles. The van der Waals surface area contributed by atoms with Crippen LogP contribution in [-0.4, -0.2) is 16.6 Å². The van der Waals surface area contributed by atoms with Crippen molar-refractivity contribution >= 4 is 17.3 Å². The van der Waals surface area contributed by atoms with Gasteiger partial charge in [-0.05, 0) is 25.5 Å². The molecule has 1 aromatic carbocycles. The van der Waals surface area contributed by atoms with Crippen molar-refractivity contribution in [2.45, 2.75) is 20.3 Å². The quantitative estimate of drug-likeness (QED) is 0.560. The Kier molecular flexibility index (Phi) is 4.89. The van der Waals surface area contributed by atoms with Crippen LogP contribution in [0.25, 0.3) is 0 Å². The Bertz CT molecular complexity index is 620. The Morgan fingerprint density at radius 3 is 2.62 bits per heavy atom. The van der Waals surface area contributed by atoms with Gasteiger partial charge >= 0.3 is 0 Å². The van der Waals surface area contributed by atoms with Crippen molar-refractivity contribution in [3.8, 4) is 5.75 Å². The zero-order valence-corrected chi connectivity index (χ0v) is 12.0. The van der Waals surface area contributed by atoms with Crippen LogP contribution in [0, 0.1) is 5.82 Å². The van der Waals surface area contributed by atoms with E-state index in [1.165, 1.54) is 12.4 Å². The Morgan fingerprint density at radius 2 is 2.00 bits per heavy atom. The minimum absolute atomic E-state index is 0.228. The molecule has 0 saturated heterocycles. The predicted octanol–water partition coefficient (Wildman–Crippen LogP) is 2.61. The summed E-state index contributed by atoms with van der Waals surface area (Å²) >= 11 is 0. The van der Waals surface area contributed by atoms with Crippen LogP contribution in [0.15, 0.2) is 24.5 Å². The molecule has 0 fully saturated rings. The molecule has 0 unspecified atom stereocenters. The number of halogens is 1. The van der Waals surface area contributed by atoms with Crippen molar-refractivity contribution in [2.24, 2.45) is 5.84 Å². The van der Waals surface area contributed by atoms with Gasteiger partial charge in [-0.2, -0.15) is 0 Å². The average Bonchev–Trinajstić information content (AvgIpc) is 2.50. The third-order valence-corrected chi connectivity index (χ3v) is 2.93. The summed E-state index contributed by atoms with van der Waals surface area (Å²) in [7, 11) is 0. The summed E-state index contributed by atoms with van der Waals surface area (Å²) in [5.41, 5.74) is 3.93. The molecule has 4 N–H and O–H groups in total. The Hall–Kier alpha value is -2.41. The topological polar surface area (TPSA) is 85.1 Å². The Balaban J connectivity index is 2.28. The lowest BCUT2D eigenvalue weighted by molar-refractivity contribution is 0.321. The van der Waals surface area contributed by atoms with Crippen LogP contribution in [-0.2, 0) is 6.42 Å². The van der Waals surface area contributed by atoms with E-state index in [-0.39, 0.29) is 5.75 Å². The van der Waals surface area contributed by atoms with Crippen LogP contribution in [0.1, 0.15) is 19.4 Å². The highest BCUT2D eigenvalue weighted by atomic mass is 19.1. The van der Waals surface area contributed by atoms with E-state index < -0.39 is 5.82 Å². The van der Waals surface area contributed by atoms with Gasteiger partial charge in [0, 0.05) is 17.3 Å². The first-order chi connectivity index (χ1) is 10.2. The number of ether oxygens (including phenoxy) is 1. The molecule has 1 heterocycles. The van der Waals surface area contributed by atoms with E-state index in [1.54, 1.807) is 19.1 Å². The molecule has 21 heavy (non-hydrogen) atoms. The number of nitrogens with one attached hydrogen (secondary N) is 2. The first kappa shape index (κ1) is 15.0. The van der Waals surface area contributed by atoms with Crippen LogP contribution in [0.4, 0.5) is 21.7 Å². The van der Waals surface area contributed by atoms with Gasteiger partial charge in [0.25, 0.3) is 0 Å². The second kappa shape index (κ2) is 6.85. The van der Waals surface area contributed by atoms with E-state index in [2.05, 4.69) is 20.7 Å². The van der Waals surface area contributed by atoms with E-state index >= 15 is 0 Å². The Morgan fingerprint density at radius 1 is 1.24 bits per heavy atom. The minimum atomic E-state index is -0.425. The van der Waals surface area contributed by atoms with E-state index in [0.717, 1.165) is 5.56 Å². The second-order valence-electron chi connectivity index (χ2n) is 4.25. The zero-order chi connectivity index (χ0) is 15.2. The predicted molar refractivity (Wildman–Crippen MR) is 80.1 cm³/mol. The van der Waals surface area contributed by atoms with Crippen LogP contribution in [0.2, 0.25) is 0 Å². The second-order valence-corrected chi connectivity index (χ2v) is 4.25. The molecular weight excluding hydrogens is 273 g/mol. The number of nitrogen functional groups attached to an aromatic ring is 1. The number of nitrogens with two attached hydrogens (primary N) is 1. The Labute approximate surface area is 122 Å². The highest BCUT2D eigenvalue weighted by molar-refractivity contribution is 5.65. The van der Waals surface area contributed by atoms with Crippen molar-refractivity contribution in [1.82, 2.24) is 9.97 Å². The molecule has 0 aliphatic carbocycles. The molecule has 0 aliphatic rings. The molecule has 0 aliphatic heterocycles. The fourth-order valence-electron chi connectivity index (χ4n) is 1.97. The maximum Gasteiger partial charge on any atom is 0.167 e. The fraction of sp³-hybridized carbons (Fsp3) is 0.286. The highest BCUT2D eigenvalue weighted by Crippen LogP contribution is 2.26. The zero-order valence-electron chi connectivity index (χ0n) is 12.0. The third-order valence-electron chi connectivity index (χ3n) is 2.93. The standard InChI is InChI=1S/C14H18FN5O/c1-3-10-13(17-8-18-14(10)20-16)19-9-5-6-12(21-4-2)11(15)7-9/h5-8H,3-4,16H2,1-2H3,(H2,17,18,19,20). The van der Waals surface area contributed by atoms with Crippen LogP contribution in [0.3, 0.4) is 0 Å². The summed E-state index contributed by atoms with van der Waals surface area (Å²) in [4.78, 5) is 8.22. The number of hydrogen-bond acceptors (Lipinski definition) is 6. The van der Waals surface area contributed by atoms with Crippen molar-refractivity contribution in [3.05, 3.63) is 35.9 Å². The molecule has 112 valence electrons. The number of hydrogen-bond donors (Lipinski definition) is 3. The first-order valence-corrected chi connectivity index (χ1v) is 6.69. The van der Waals surface area contributed by atoms with Gasteiger partial charge in [0.1, 0.15) is 18.0 Å². The molecule has 7 heteroatoms. The average molecular weight is 291 g/mol. The minimum Gasteiger partial charge on any atom is -0.491 e. The molecule has 2 rings (SSSR count). The molecule has 1 aromatic heterocycles. The fourth-order valence-corrected chi connectivity index (χ4v) is 1.97. The van der Waals surface area contributed by atoms with Crippen LogP contribution >= 0.6 is 0 Å². The molecule has 0 spiro atoms. The molecular formula is C14H18FN5O. The lowest BCUT2D eigenvalue weighted by Gasteiger charge is -2.13. The monoisotopic (exact) mass is 291 g/mol. The molecule has 0 amide bonds. The first-order valence-electron chi connectivity index (χ1n) is 6.69. The third kappa shape index (κ3) is 3.38. The molecule has 0 bridgehead atoms. The highest BCUT2D eigenvalue weighted by Gasteiger charge is 2.10. The van der Waals surface area contributed by atoms with Crippen molar-refractivity contribution in [3.63, 3.8) is 0 Å². The van der Waals surface area contributed by atoms with Crippen molar-refractivity contribution in [2.75, 3.05) is 17.3 Å². The van der Waals surface area contributed by atoms with Gasteiger partial charge in [-0.3, -0.25) is 0 Å². The molecule has 6 nitrogen and oxygen atoms in total. The molecule has 0 radical (unpaired) electrons. The lowest BCUT2D eigenvalue weighted by atomic mass is 10.2. The van der Waals surface area contributed by atoms with Crippen molar-refractivity contribution < 1.29 is 9.13 Å². The van der Waals surface area contributed by atoms with Crippen LogP contribution in [0.5, 0.6) is 5.75 Å². The molecule has 0 atom stereocenters. The maximum absolute atomic E-state index is 13.8. The SMILES string of the molecule is CCOc1ccc(Nc2ncnc(NN)c2CC)cc1F. The van der Waals surface area contributed by atoms with Crippen molar-refractivity contribution in [1.29, 1.82) is 0 Å². The number of hydrazine groups is 1. The largest absolute Gasteiger partial charge is 0.491 e. The summed E-state index contributed by atoms with van der Waals surface area (Å²) in [5, 5.41) is 3.07. The van der Waals surface area contributed by atoms with Gasteiger partial charge in [-0.15, -0.1) is 0 Å². The number of benzene rings is 1. The number of anilines is 3. The number of rotatable bonds is 6. The maximum atomic E-state index is 13.8. The normalized spacial score (nSPS) is 10.3. The number of nitrogens with zero attached hydrogens (tertiary/aromatic N) is 2. The van der Waals surface area contributed by atoms with Gasteiger partial charge in [-0.25, -0.2) is 20.2 Å². The van der Waals surface area contributed by atoms with Gasteiger partial charge < -0.3 is 15.5 Å². The van der Waals surface area contributed by atoms with E-state index in [1.807, 2.05) is 6.92 Å². The van der Waals surface area contributed by atoms with E-state index in [9.17, 15) is 4.39 Å². The van der Waals surface area contributed by atoms with Gasteiger partial charge in [0.05, 0.1) is 6.61 Å². The summed E-state index contributed by atoms with van der Waals surface area (Å²) in [6.07, 6.45) is 2.07. The van der Waals surface area contributed by atoms with Gasteiger partial charge in [0.15, 0.2) is 11.6 Å². The van der Waals surface area contributed by atoms with Crippen LogP contribution < -0.4 is 21.3 Å². The number of aromatic nitrogens is 2. The summed E-state index contributed by atoms with van der Waals surface area (Å²) < 4.78 is 19.0. The summed E-state index contributed by atoms with van der Waals surface area (Å²) in [5.74, 6) is 6.35. The summed E-state index contributed by atoms with van der Waals surface area (Å²) in [6.45, 7) is 4.19. The van der Waals surface area contributed by atoms with E-state index in [0.29, 0.717) is 30.4 Å². The van der Waals surface area contributed by atoms with E-state index in [4.69, 9.17) is 10.6 Å². The summed E-state index contributed by atoms with van der Waals surface area (Å²) in [6, 6.07) is 4.67. The van der Waals surface area contributed by atoms with Gasteiger partial charge in [-0.1, -0.05) is 6.92 Å². The smallest absolute Gasteiger partial charge is 0.167 e.